The van der Waals surface area contributed by atoms with Gasteiger partial charge in [0.15, 0.2) is 11.6 Å². The molecule has 1 N–H and O–H groups in total. The first-order chi connectivity index (χ1) is 10.3. The van der Waals surface area contributed by atoms with Gasteiger partial charge in [-0.25, -0.2) is 4.98 Å². The zero-order valence-electron chi connectivity index (χ0n) is 11.7. The summed E-state index contributed by atoms with van der Waals surface area (Å²) in [6, 6.07) is 9.82. The van der Waals surface area contributed by atoms with Crippen molar-refractivity contribution in [3.05, 3.63) is 48.3 Å². The van der Waals surface area contributed by atoms with E-state index in [2.05, 4.69) is 30.9 Å². The molecule has 0 aliphatic carbocycles. The van der Waals surface area contributed by atoms with E-state index in [1.807, 2.05) is 37.4 Å². The Hall–Kier alpha value is -2.61. The Morgan fingerprint density at radius 1 is 1.19 bits per heavy atom. The molecule has 0 saturated carbocycles. The van der Waals surface area contributed by atoms with Crippen LogP contribution >= 0.6 is 0 Å². The average molecular weight is 284 g/mol. The van der Waals surface area contributed by atoms with Gasteiger partial charge in [-0.05, 0) is 22.6 Å². The average Bonchev–Trinajstić information content (AvgIpc) is 3.13. The lowest BCUT2D eigenvalue weighted by Gasteiger charge is -2.05. The number of hydrogen-bond donors (Lipinski definition) is 1. The van der Waals surface area contributed by atoms with Gasteiger partial charge in [-0.15, -0.1) is 5.10 Å². The third-order valence-electron chi connectivity index (χ3n) is 2.99. The minimum Gasteiger partial charge on any atom is -0.309 e. The highest BCUT2D eigenvalue weighted by Gasteiger charge is 2.07. The van der Waals surface area contributed by atoms with Crippen molar-refractivity contribution in [2.24, 2.45) is 7.05 Å². The molecule has 0 aliphatic rings. The zero-order chi connectivity index (χ0) is 14.5. The van der Waals surface area contributed by atoms with Crippen molar-refractivity contribution in [2.75, 3.05) is 6.54 Å². The quantitative estimate of drug-likeness (QED) is 0.647. The molecule has 3 aromatic rings. The number of para-hydroxylation sites is 1. The number of aryl methyl sites for hydroxylation is 1. The second-order valence-corrected chi connectivity index (χ2v) is 4.60. The summed E-state index contributed by atoms with van der Waals surface area (Å²) < 4.78 is 3.43. The van der Waals surface area contributed by atoms with Crippen molar-refractivity contribution in [1.82, 2.24) is 40.3 Å². The van der Waals surface area contributed by atoms with Crippen LogP contribution in [0.2, 0.25) is 0 Å². The van der Waals surface area contributed by atoms with Gasteiger partial charge in [-0.3, -0.25) is 4.68 Å². The largest absolute Gasteiger partial charge is 0.309 e. The molecule has 0 aliphatic heterocycles. The van der Waals surface area contributed by atoms with Crippen LogP contribution in [0.5, 0.6) is 0 Å². The molecule has 2 aromatic heterocycles. The lowest BCUT2D eigenvalue weighted by atomic mass is 10.3. The Balaban J connectivity index is 1.55. The summed E-state index contributed by atoms with van der Waals surface area (Å²) in [4.78, 5) is 4.18. The fourth-order valence-corrected chi connectivity index (χ4v) is 1.98. The second-order valence-electron chi connectivity index (χ2n) is 4.60. The highest BCUT2D eigenvalue weighted by Crippen LogP contribution is 2.06. The number of aromatic nitrogens is 7. The lowest BCUT2D eigenvalue weighted by molar-refractivity contribution is 0.626. The summed E-state index contributed by atoms with van der Waals surface area (Å²) in [7, 11) is 1.86. The minimum absolute atomic E-state index is 0.592. The number of tetrazole rings is 1. The molecule has 3 rings (SSSR count). The van der Waals surface area contributed by atoms with E-state index in [1.54, 1.807) is 15.7 Å². The first-order valence-electron chi connectivity index (χ1n) is 6.71. The van der Waals surface area contributed by atoms with Gasteiger partial charge in [0.05, 0.1) is 12.2 Å². The molecule has 0 amide bonds. The molecule has 8 heteroatoms. The first-order valence-corrected chi connectivity index (χ1v) is 6.71. The fourth-order valence-electron chi connectivity index (χ4n) is 1.98. The lowest BCUT2D eigenvalue weighted by Crippen LogP contribution is -2.20. The molecule has 21 heavy (non-hydrogen) atoms. The van der Waals surface area contributed by atoms with E-state index in [1.165, 1.54) is 0 Å². The van der Waals surface area contributed by atoms with E-state index in [0.29, 0.717) is 6.54 Å². The summed E-state index contributed by atoms with van der Waals surface area (Å²) in [5, 5.41) is 19.3. The van der Waals surface area contributed by atoms with Gasteiger partial charge >= 0.3 is 0 Å². The van der Waals surface area contributed by atoms with E-state index < -0.39 is 0 Å². The Labute approximate surface area is 121 Å². The predicted molar refractivity (Wildman–Crippen MR) is 75.6 cm³/mol. The summed E-state index contributed by atoms with van der Waals surface area (Å²) in [5.41, 5.74) is 0.950. The number of hydrogen-bond acceptors (Lipinski definition) is 6. The second kappa shape index (κ2) is 6.23. The van der Waals surface area contributed by atoms with Crippen LogP contribution < -0.4 is 5.32 Å². The molecule has 0 fully saturated rings. The van der Waals surface area contributed by atoms with Gasteiger partial charge in [-0.2, -0.15) is 9.78 Å². The molecule has 0 spiro atoms. The monoisotopic (exact) mass is 284 g/mol. The van der Waals surface area contributed by atoms with Crippen molar-refractivity contribution in [2.45, 2.75) is 13.0 Å². The van der Waals surface area contributed by atoms with Crippen LogP contribution in [0.25, 0.3) is 5.69 Å². The van der Waals surface area contributed by atoms with Crippen molar-refractivity contribution in [3.63, 3.8) is 0 Å². The summed E-state index contributed by atoms with van der Waals surface area (Å²) in [5.74, 6) is 1.60. The Morgan fingerprint density at radius 2 is 2.05 bits per heavy atom. The van der Waals surface area contributed by atoms with Crippen molar-refractivity contribution >= 4 is 0 Å². The van der Waals surface area contributed by atoms with E-state index >= 15 is 0 Å². The van der Waals surface area contributed by atoms with Gasteiger partial charge in [-0.1, -0.05) is 18.2 Å². The highest BCUT2D eigenvalue weighted by molar-refractivity contribution is 5.30. The topological polar surface area (TPSA) is 86.3 Å². The minimum atomic E-state index is 0.592. The predicted octanol–water partition coefficient (Wildman–Crippen LogP) is 0.123. The van der Waals surface area contributed by atoms with Crippen molar-refractivity contribution in [3.8, 4) is 5.69 Å². The van der Waals surface area contributed by atoms with E-state index in [4.69, 9.17) is 0 Å². The van der Waals surface area contributed by atoms with Crippen LogP contribution in [0.3, 0.4) is 0 Å². The summed E-state index contributed by atoms with van der Waals surface area (Å²) in [6.45, 7) is 1.36. The zero-order valence-corrected chi connectivity index (χ0v) is 11.7. The molecule has 2 heterocycles. The van der Waals surface area contributed by atoms with E-state index in [-0.39, 0.29) is 0 Å². The summed E-state index contributed by atoms with van der Waals surface area (Å²) >= 11 is 0. The SMILES string of the molecule is Cn1cnc(CCNCc2nnnn2-c2ccccc2)n1. The van der Waals surface area contributed by atoms with Gasteiger partial charge in [0, 0.05) is 20.0 Å². The van der Waals surface area contributed by atoms with Gasteiger partial charge < -0.3 is 5.32 Å². The molecule has 8 nitrogen and oxygen atoms in total. The third kappa shape index (κ3) is 3.29. The van der Waals surface area contributed by atoms with Crippen LogP contribution in [-0.4, -0.2) is 41.5 Å². The maximum absolute atomic E-state index is 4.23. The standard InChI is InChI=1S/C13H16N8/c1-20-10-15-12(17-20)7-8-14-9-13-16-18-19-21(13)11-5-3-2-4-6-11/h2-6,10,14H,7-9H2,1H3. The number of rotatable bonds is 6. The van der Waals surface area contributed by atoms with E-state index in [0.717, 1.165) is 30.3 Å². The summed E-state index contributed by atoms with van der Waals surface area (Å²) in [6.07, 6.45) is 2.47. The van der Waals surface area contributed by atoms with Gasteiger partial charge in [0.1, 0.15) is 6.33 Å². The normalized spacial score (nSPS) is 10.9. The Morgan fingerprint density at radius 3 is 2.81 bits per heavy atom. The molecule has 0 saturated heterocycles. The van der Waals surface area contributed by atoms with E-state index in [9.17, 15) is 0 Å². The van der Waals surface area contributed by atoms with Crippen LogP contribution in [0, 0.1) is 0 Å². The Kier molecular flexibility index (Phi) is 3.97. The molecule has 1 aromatic carbocycles. The molecule has 0 unspecified atom stereocenters. The Bertz CT molecular complexity index is 687. The van der Waals surface area contributed by atoms with Gasteiger partial charge in [0.25, 0.3) is 0 Å². The maximum Gasteiger partial charge on any atom is 0.170 e. The third-order valence-corrected chi connectivity index (χ3v) is 2.99. The fraction of sp³-hybridized carbons (Fsp3) is 0.308. The maximum atomic E-state index is 4.23. The van der Waals surface area contributed by atoms with Gasteiger partial charge in [0.2, 0.25) is 0 Å². The van der Waals surface area contributed by atoms with Crippen molar-refractivity contribution < 1.29 is 0 Å². The molecule has 0 bridgehead atoms. The van der Waals surface area contributed by atoms with Crippen LogP contribution in [-0.2, 0) is 20.0 Å². The number of nitrogens with zero attached hydrogens (tertiary/aromatic N) is 7. The molecular formula is C13H16N8. The smallest absolute Gasteiger partial charge is 0.170 e. The first kappa shape index (κ1) is 13.4. The molecular weight excluding hydrogens is 268 g/mol. The molecule has 0 atom stereocenters. The number of nitrogens with one attached hydrogen (secondary N) is 1. The number of benzene rings is 1. The van der Waals surface area contributed by atoms with Crippen LogP contribution in [0.1, 0.15) is 11.6 Å². The molecule has 108 valence electrons. The van der Waals surface area contributed by atoms with Crippen molar-refractivity contribution in [1.29, 1.82) is 0 Å². The molecule has 0 radical (unpaired) electrons. The van der Waals surface area contributed by atoms with Crippen LogP contribution in [0.15, 0.2) is 36.7 Å². The highest BCUT2D eigenvalue weighted by atomic mass is 15.5. The van der Waals surface area contributed by atoms with Crippen LogP contribution in [0.4, 0.5) is 0 Å².